The molecule has 3 aromatic rings. The van der Waals surface area contributed by atoms with E-state index in [0.717, 1.165) is 12.1 Å². The summed E-state index contributed by atoms with van der Waals surface area (Å²) in [5, 5.41) is 14.2. The van der Waals surface area contributed by atoms with Crippen molar-refractivity contribution in [3.8, 4) is 5.75 Å². The van der Waals surface area contributed by atoms with Crippen LogP contribution < -0.4 is 16.4 Å². The van der Waals surface area contributed by atoms with Gasteiger partial charge in [-0.3, -0.25) is 14.9 Å². The maximum absolute atomic E-state index is 13.9. The van der Waals surface area contributed by atoms with Gasteiger partial charge in [-0.25, -0.2) is 9.18 Å². The van der Waals surface area contributed by atoms with Crippen LogP contribution in [0.5, 0.6) is 5.75 Å². The second-order valence-corrected chi connectivity index (χ2v) is 7.14. The van der Waals surface area contributed by atoms with Gasteiger partial charge in [0, 0.05) is 12.0 Å². The fraction of sp³-hybridized carbons (Fsp3) is 0.0800. The summed E-state index contributed by atoms with van der Waals surface area (Å²) in [5.41, 5.74) is 7.10. The molecule has 3 rings (SSSR count). The highest BCUT2D eigenvalue weighted by molar-refractivity contribution is 6.03. The van der Waals surface area contributed by atoms with Crippen LogP contribution in [0.4, 0.5) is 20.6 Å². The van der Waals surface area contributed by atoms with Crippen molar-refractivity contribution in [2.75, 3.05) is 11.1 Å². The quantitative estimate of drug-likeness (QED) is 0.305. The first-order valence-corrected chi connectivity index (χ1v) is 10.2. The fourth-order valence-corrected chi connectivity index (χ4v) is 2.97. The number of carbonyl (C=O) groups is 3. The van der Waals surface area contributed by atoms with Crippen molar-refractivity contribution in [3.05, 3.63) is 102 Å². The number of hydrogen-bond donors (Lipinski definition) is 4. The SMILES string of the molecule is Nc1ccccc1NC(=O)/C=C/C[C@H](OC(=O)NC(=O)c1ccccc1)c1ccc(O)c(F)c1. The number of anilines is 2. The van der Waals surface area contributed by atoms with Crippen molar-refractivity contribution in [2.45, 2.75) is 12.5 Å². The molecule has 0 spiro atoms. The summed E-state index contributed by atoms with van der Waals surface area (Å²) in [5.74, 6) is -2.62. The number of amides is 3. The summed E-state index contributed by atoms with van der Waals surface area (Å²) >= 11 is 0. The van der Waals surface area contributed by atoms with Crippen molar-refractivity contribution in [3.63, 3.8) is 0 Å². The van der Waals surface area contributed by atoms with Crippen LogP contribution in [0.25, 0.3) is 0 Å². The fourth-order valence-electron chi connectivity index (χ4n) is 2.97. The number of benzene rings is 3. The number of ether oxygens (including phenoxy) is 1. The monoisotopic (exact) mass is 463 g/mol. The minimum absolute atomic E-state index is 0.0190. The third-order valence-electron chi connectivity index (χ3n) is 4.68. The molecule has 0 aliphatic heterocycles. The molecule has 0 fully saturated rings. The maximum Gasteiger partial charge on any atom is 0.414 e. The zero-order chi connectivity index (χ0) is 24.5. The Hall–Kier alpha value is -4.66. The standard InChI is InChI=1S/C25H22FN3O5/c26-18-15-17(13-14-21(18)30)22(34-25(33)29-24(32)16-7-2-1-3-8-16)11-6-12-23(31)28-20-10-5-4-9-19(20)27/h1-10,12-15,22,30H,11,27H2,(H,28,31)(H,29,32,33)/b12-6+/t22-/m0/s1. The van der Waals surface area contributed by atoms with Gasteiger partial charge < -0.3 is 20.9 Å². The molecule has 0 saturated heterocycles. The van der Waals surface area contributed by atoms with Crippen LogP contribution in [-0.2, 0) is 9.53 Å². The van der Waals surface area contributed by atoms with Gasteiger partial charge in [0.15, 0.2) is 11.6 Å². The molecular formula is C25H22FN3O5. The van der Waals surface area contributed by atoms with Crippen LogP contribution in [0.1, 0.15) is 28.4 Å². The van der Waals surface area contributed by atoms with Crippen LogP contribution in [0.15, 0.2) is 84.9 Å². The van der Waals surface area contributed by atoms with Gasteiger partial charge in [-0.1, -0.05) is 42.5 Å². The van der Waals surface area contributed by atoms with E-state index in [1.165, 1.54) is 30.4 Å². The molecule has 0 radical (unpaired) electrons. The van der Waals surface area contributed by atoms with Crippen LogP contribution in [0.2, 0.25) is 0 Å². The van der Waals surface area contributed by atoms with E-state index in [1.807, 2.05) is 0 Å². The number of aromatic hydroxyl groups is 1. The molecule has 0 heterocycles. The number of nitrogen functional groups attached to an aromatic ring is 1. The number of nitrogens with two attached hydrogens (primary N) is 1. The molecule has 34 heavy (non-hydrogen) atoms. The first-order chi connectivity index (χ1) is 16.3. The van der Waals surface area contributed by atoms with E-state index in [-0.39, 0.29) is 17.5 Å². The number of alkyl carbamates (subject to hydrolysis) is 1. The van der Waals surface area contributed by atoms with Gasteiger partial charge in [0.05, 0.1) is 11.4 Å². The predicted octanol–water partition coefficient (Wildman–Crippen LogP) is 4.31. The number of hydrogen-bond acceptors (Lipinski definition) is 6. The Morgan fingerprint density at radius 2 is 1.74 bits per heavy atom. The number of halogens is 1. The largest absolute Gasteiger partial charge is 0.505 e. The highest BCUT2D eigenvalue weighted by Crippen LogP contribution is 2.26. The Labute approximate surface area is 194 Å². The minimum Gasteiger partial charge on any atom is -0.505 e. The summed E-state index contributed by atoms with van der Waals surface area (Å²) in [4.78, 5) is 36.7. The minimum atomic E-state index is -1.05. The van der Waals surface area contributed by atoms with Crippen LogP contribution >= 0.6 is 0 Å². The topological polar surface area (TPSA) is 131 Å². The molecule has 0 unspecified atom stereocenters. The Balaban J connectivity index is 1.69. The molecule has 9 heteroatoms. The van der Waals surface area contributed by atoms with Crippen molar-refractivity contribution < 1.29 is 28.6 Å². The number of para-hydroxylation sites is 2. The summed E-state index contributed by atoms with van der Waals surface area (Å²) in [6, 6.07) is 18.3. The number of nitrogens with one attached hydrogen (secondary N) is 2. The Kier molecular flexibility index (Phi) is 7.96. The molecule has 8 nitrogen and oxygen atoms in total. The molecular weight excluding hydrogens is 441 g/mol. The molecule has 0 aliphatic carbocycles. The van der Waals surface area contributed by atoms with Crippen molar-refractivity contribution >= 4 is 29.3 Å². The van der Waals surface area contributed by atoms with E-state index < -0.39 is 35.6 Å². The lowest BCUT2D eigenvalue weighted by Crippen LogP contribution is -2.32. The van der Waals surface area contributed by atoms with Gasteiger partial charge in [0.2, 0.25) is 5.91 Å². The molecule has 1 atom stereocenters. The van der Waals surface area contributed by atoms with Gasteiger partial charge in [-0.05, 0) is 48.0 Å². The number of rotatable bonds is 7. The molecule has 3 aromatic carbocycles. The second-order valence-electron chi connectivity index (χ2n) is 7.14. The Morgan fingerprint density at radius 1 is 1.03 bits per heavy atom. The second kappa shape index (κ2) is 11.3. The highest BCUT2D eigenvalue weighted by Gasteiger charge is 2.19. The summed E-state index contributed by atoms with van der Waals surface area (Å²) in [7, 11) is 0. The van der Waals surface area contributed by atoms with Gasteiger partial charge in [-0.15, -0.1) is 0 Å². The van der Waals surface area contributed by atoms with Crippen LogP contribution in [0.3, 0.4) is 0 Å². The van der Waals surface area contributed by atoms with E-state index in [4.69, 9.17) is 10.5 Å². The Bertz CT molecular complexity index is 1210. The van der Waals surface area contributed by atoms with Gasteiger partial charge in [0.25, 0.3) is 5.91 Å². The molecule has 0 aliphatic rings. The van der Waals surface area contributed by atoms with E-state index >= 15 is 0 Å². The lowest BCUT2D eigenvalue weighted by atomic mass is 10.1. The van der Waals surface area contributed by atoms with Gasteiger partial charge in [-0.2, -0.15) is 0 Å². The molecule has 3 amide bonds. The maximum atomic E-state index is 13.9. The van der Waals surface area contributed by atoms with E-state index in [1.54, 1.807) is 42.5 Å². The molecule has 0 bridgehead atoms. The molecule has 0 aromatic heterocycles. The van der Waals surface area contributed by atoms with Crippen LogP contribution in [0, 0.1) is 5.82 Å². The average Bonchev–Trinajstić information content (AvgIpc) is 2.82. The summed E-state index contributed by atoms with van der Waals surface area (Å²) < 4.78 is 19.2. The van der Waals surface area contributed by atoms with Crippen LogP contribution in [-0.4, -0.2) is 23.0 Å². The lowest BCUT2D eigenvalue weighted by molar-refractivity contribution is -0.111. The van der Waals surface area contributed by atoms with Gasteiger partial charge in [0.1, 0.15) is 6.10 Å². The van der Waals surface area contributed by atoms with Crippen molar-refractivity contribution in [1.29, 1.82) is 0 Å². The molecule has 0 saturated carbocycles. The van der Waals surface area contributed by atoms with Crippen molar-refractivity contribution in [1.82, 2.24) is 5.32 Å². The van der Waals surface area contributed by atoms with E-state index in [2.05, 4.69) is 10.6 Å². The number of imide groups is 1. The molecule has 174 valence electrons. The summed E-state index contributed by atoms with van der Waals surface area (Å²) in [6.07, 6.45) is 0.518. The highest BCUT2D eigenvalue weighted by atomic mass is 19.1. The first kappa shape index (κ1) is 24.0. The normalized spacial score (nSPS) is 11.6. The smallest absolute Gasteiger partial charge is 0.414 e. The zero-order valence-electron chi connectivity index (χ0n) is 17.9. The first-order valence-electron chi connectivity index (χ1n) is 10.2. The third-order valence-corrected chi connectivity index (χ3v) is 4.68. The zero-order valence-corrected chi connectivity index (χ0v) is 17.9. The van der Waals surface area contributed by atoms with Crippen molar-refractivity contribution in [2.24, 2.45) is 0 Å². The number of phenols is 1. The number of phenolic OH excluding ortho intramolecular Hbond substituents is 1. The summed E-state index contributed by atoms with van der Waals surface area (Å²) in [6.45, 7) is 0. The lowest BCUT2D eigenvalue weighted by Gasteiger charge is -2.17. The van der Waals surface area contributed by atoms with E-state index in [0.29, 0.717) is 11.4 Å². The molecule has 5 N–H and O–H groups in total. The average molecular weight is 463 g/mol. The Morgan fingerprint density at radius 3 is 2.44 bits per heavy atom. The number of carbonyl (C=O) groups excluding carboxylic acids is 3. The van der Waals surface area contributed by atoms with E-state index in [9.17, 15) is 23.9 Å². The third kappa shape index (κ3) is 6.67. The van der Waals surface area contributed by atoms with Gasteiger partial charge >= 0.3 is 6.09 Å². The predicted molar refractivity (Wildman–Crippen MR) is 124 cm³/mol.